The van der Waals surface area contributed by atoms with Crippen molar-refractivity contribution >= 4 is 5.91 Å². The van der Waals surface area contributed by atoms with E-state index < -0.39 is 0 Å². The van der Waals surface area contributed by atoms with E-state index in [1.807, 2.05) is 6.07 Å². The summed E-state index contributed by atoms with van der Waals surface area (Å²) in [6.45, 7) is 3.01. The fourth-order valence-corrected chi connectivity index (χ4v) is 2.44. The summed E-state index contributed by atoms with van der Waals surface area (Å²) in [5.41, 5.74) is 1.74. The highest BCUT2D eigenvalue weighted by Gasteiger charge is 2.23. The zero-order chi connectivity index (χ0) is 14.7. The molecule has 0 saturated carbocycles. The second-order valence-corrected chi connectivity index (χ2v) is 5.05. The predicted octanol–water partition coefficient (Wildman–Crippen LogP) is 1.95. The molecule has 3 rings (SSSR count). The molecule has 0 spiro atoms. The van der Waals surface area contributed by atoms with Gasteiger partial charge in [-0.05, 0) is 31.9 Å². The van der Waals surface area contributed by atoms with E-state index in [-0.39, 0.29) is 12.0 Å². The first-order valence-corrected chi connectivity index (χ1v) is 7.02. The average molecular weight is 287 g/mol. The lowest BCUT2D eigenvalue weighted by Crippen LogP contribution is -2.32. The van der Waals surface area contributed by atoms with Crippen LogP contribution in [0.2, 0.25) is 0 Å². The molecule has 110 valence electrons. The Hall–Kier alpha value is -2.21. The third-order valence-electron chi connectivity index (χ3n) is 3.54. The van der Waals surface area contributed by atoms with Crippen LogP contribution in [0.25, 0.3) is 11.3 Å². The van der Waals surface area contributed by atoms with Crippen LogP contribution < -0.4 is 5.32 Å². The molecular formula is C15H17N3O3. The minimum atomic E-state index is -0.192. The number of pyridine rings is 1. The maximum Gasteiger partial charge on any atom is 0.257 e. The normalized spacial score (nSPS) is 17.9. The van der Waals surface area contributed by atoms with E-state index in [4.69, 9.17) is 9.26 Å². The minimum absolute atomic E-state index is 0.107. The molecule has 1 fully saturated rings. The van der Waals surface area contributed by atoms with E-state index >= 15 is 0 Å². The summed E-state index contributed by atoms with van der Waals surface area (Å²) in [6.07, 6.45) is 5.48. The van der Waals surface area contributed by atoms with Crippen LogP contribution in [0, 0.1) is 6.92 Å². The smallest absolute Gasteiger partial charge is 0.257 e. The van der Waals surface area contributed by atoms with Gasteiger partial charge in [0.05, 0.1) is 6.10 Å². The van der Waals surface area contributed by atoms with E-state index in [0.29, 0.717) is 23.6 Å². The highest BCUT2D eigenvalue weighted by atomic mass is 16.5. The van der Waals surface area contributed by atoms with Crippen LogP contribution in [0.15, 0.2) is 29.0 Å². The topological polar surface area (TPSA) is 77.2 Å². The molecule has 0 aliphatic carbocycles. The minimum Gasteiger partial charge on any atom is -0.376 e. The van der Waals surface area contributed by atoms with Crippen molar-refractivity contribution in [3.8, 4) is 11.3 Å². The molecule has 1 aliphatic rings. The molecular weight excluding hydrogens is 270 g/mol. The molecule has 2 aromatic rings. The van der Waals surface area contributed by atoms with Gasteiger partial charge in [-0.25, -0.2) is 0 Å². The van der Waals surface area contributed by atoms with Crippen LogP contribution in [-0.4, -0.2) is 35.3 Å². The third kappa shape index (κ3) is 2.95. The van der Waals surface area contributed by atoms with Gasteiger partial charge >= 0.3 is 0 Å². The quantitative estimate of drug-likeness (QED) is 0.930. The van der Waals surface area contributed by atoms with Gasteiger partial charge in [-0.3, -0.25) is 9.78 Å². The first-order chi connectivity index (χ1) is 10.3. The van der Waals surface area contributed by atoms with Crippen molar-refractivity contribution in [3.63, 3.8) is 0 Å². The number of aromatic nitrogens is 2. The van der Waals surface area contributed by atoms with E-state index in [1.165, 1.54) is 0 Å². The van der Waals surface area contributed by atoms with Gasteiger partial charge in [-0.2, -0.15) is 0 Å². The molecule has 2 aromatic heterocycles. The van der Waals surface area contributed by atoms with Crippen LogP contribution in [0.5, 0.6) is 0 Å². The average Bonchev–Trinajstić information content (AvgIpc) is 3.15. The van der Waals surface area contributed by atoms with Gasteiger partial charge < -0.3 is 14.6 Å². The van der Waals surface area contributed by atoms with Gasteiger partial charge in [0.25, 0.3) is 5.91 Å². The lowest BCUT2D eigenvalue weighted by molar-refractivity contribution is 0.0857. The Morgan fingerprint density at radius 2 is 2.43 bits per heavy atom. The predicted molar refractivity (Wildman–Crippen MR) is 75.8 cm³/mol. The second-order valence-electron chi connectivity index (χ2n) is 5.05. The van der Waals surface area contributed by atoms with Crippen molar-refractivity contribution in [2.45, 2.75) is 25.9 Å². The van der Waals surface area contributed by atoms with Gasteiger partial charge in [-0.15, -0.1) is 0 Å². The fraction of sp³-hybridized carbons (Fsp3) is 0.400. The summed E-state index contributed by atoms with van der Waals surface area (Å²) in [5.74, 6) is 0.307. The summed E-state index contributed by atoms with van der Waals surface area (Å²) < 4.78 is 10.7. The number of hydrogen-bond donors (Lipinski definition) is 1. The molecule has 21 heavy (non-hydrogen) atoms. The molecule has 1 N–H and O–H groups in total. The maximum atomic E-state index is 12.4. The van der Waals surface area contributed by atoms with E-state index in [2.05, 4.69) is 15.5 Å². The summed E-state index contributed by atoms with van der Waals surface area (Å²) in [5, 5.41) is 6.87. The van der Waals surface area contributed by atoms with Crippen LogP contribution >= 0.6 is 0 Å². The monoisotopic (exact) mass is 287 g/mol. The number of rotatable bonds is 4. The molecule has 6 heteroatoms. The first-order valence-electron chi connectivity index (χ1n) is 7.02. The molecule has 1 unspecified atom stereocenters. The maximum absolute atomic E-state index is 12.4. The lowest BCUT2D eigenvalue weighted by atomic mass is 10.1. The number of nitrogens with one attached hydrogen (secondary N) is 1. The summed E-state index contributed by atoms with van der Waals surface area (Å²) >= 11 is 0. The number of amides is 1. The van der Waals surface area contributed by atoms with Crippen LogP contribution in [0.4, 0.5) is 0 Å². The molecule has 6 nitrogen and oxygen atoms in total. The Bertz CT molecular complexity index is 618. The lowest BCUT2D eigenvalue weighted by Gasteiger charge is -2.10. The summed E-state index contributed by atoms with van der Waals surface area (Å²) in [7, 11) is 0. The van der Waals surface area contributed by atoms with Gasteiger partial charge in [0.2, 0.25) is 0 Å². The number of hydrogen-bond acceptors (Lipinski definition) is 5. The Morgan fingerprint density at radius 1 is 1.52 bits per heavy atom. The van der Waals surface area contributed by atoms with Crippen molar-refractivity contribution in [2.24, 2.45) is 0 Å². The van der Waals surface area contributed by atoms with Gasteiger partial charge in [-0.1, -0.05) is 5.16 Å². The Morgan fingerprint density at radius 3 is 3.14 bits per heavy atom. The largest absolute Gasteiger partial charge is 0.376 e. The Labute approximate surface area is 122 Å². The molecule has 1 saturated heterocycles. The van der Waals surface area contributed by atoms with Crippen molar-refractivity contribution in [3.05, 3.63) is 35.9 Å². The van der Waals surface area contributed by atoms with Crippen molar-refractivity contribution in [1.82, 2.24) is 15.5 Å². The van der Waals surface area contributed by atoms with Crippen molar-refractivity contribution in [1.29, 1.82) is 0 Å². The fourth-order valence-electron chi connectivity index (χ4n) is 2.44. The number of ether oxygens (including phenoxy) is 1. The zero-order valence-electron chi connectivity index (χ0n) is 11.8. The second kappa shape index (κ2) is 6.05. The molecule has 1 amide bonds. The number of carbonyl (C=O) groups is 1. The zero-order valence-corrected chi connectivity index (χ0v) is 11.8. The highest BCUT2D eigenvalue weighted by Crippen LogP contribution is 2.24. The van der Waals surface area contributed by atoms with Gasteiger partial charge in [0.1, 0.15) is 17.0 Å². The summed E-state index contributed by atoms with van der Waals surface area (Å²) in [4.78, 5) is 16.4. The van der Waals surface area contributed by atoms with Gasteiger partial charge in [0.15, 0.2) is 0 Å². The van der Waals surface area contributed by atoms with E-state index in [9.17, 15) is 4.79 Å². The molecule has 0 bridgehead atoms. The SMILES string of the molecule is Cc1onc(-c2cccnc2)c1C(=O)NCC1CCCO1. The van der Waals surface area contributed by atoms with E-state index in [0.717, 1.165) is 25.0 Å². The Balaban J connectivity index is 1.78. The molecule has 3 heterocycles. The Kier molecular flexibility index (Phi) is 3.96. The molecule has 1 aliphatic heterocycles. The third-order valence-corrected chi connectivity index (χ3v) is 3.54. The molecule has 1 atom stereocenters. The number of nitrogens with zero attached hydrogens (tertiary/aromatic N) is 2. The van der Waals surface area contributed by atoms with Crippen LogP contribution in [-0.2, 0) is 4.74 Å². The standard InChI is InChI=1S/C15H17N3O3/c1-10-13(15(19)17-9-12-5-3-7-20-12)14(18-21-10)11-4-2-6-16-8-11/h2,4,6,8,12H,3,5,7,9H2,1H3,(H,17,19). The van der Waals surface area contributed by atoms with Crippen molar-refractivity contribution < 1.29 is 14.1 Å². The van der Waals surface area contributed by atoms with Crippen molar-refractivity contribution in [2.75, 3.05) is 13.2 Å². The van der Waals surface area contributed by atoms with Gasteiger partial charge in [0, 0.05) is 31.1 Å². The molecule has 0 aromatic carbocycles. The first kappa shape index (κ1) is 13.8. The van der Waals surface area contributed by atoms with Crippen LogP contribution in [0.3, 0.4) is 0 Å². The number of carbonyl (C=O) groups excluding carboxylic acids is 1. The molecule has 0 radical (unpaired) electrons. The summed E-state index contributed by atoms with van der Waals surface area (Å²) in [6, 6.07) is 3.65. The number of aryl methyl sites for hydroxylation is 1. The van der Waals surface area contributed by atoms with Crippen LogP contribution in [0.1, 0.15) is 29.0 Å². The highest BCUT2D eigenvalue weighted by molar-refractivity contribution is 6.00. The van der Waals surface area contributed by atoms with E-state index in [1.54, 1.807) is 25.4 Å².